The summed E-state index contributed by atoms with van der Waals surface area (Å²) in [5.74, 6) is 0. The number of nitrogens with zero attached hydrogens (tertiary/aromatic N) is 1. The molecule has 1 N–H and O–H groups in total. The lowest BCUT2D eigenvalue weighted by molar-refractivity contribution is 0.768. The van der Waals surface area contributed by atoms with Crippen LogP contribution in [0.5, 0.6) is 0 Å². The van der Waals surface area contributed by atoms with E-state index in [1.54, 1.807) is 0 Å². The van der Waals surface area contributed by atoms with Gasteiger partial charge in [-0.1, -0.05) is 194 Å². The Balaban J connectivity index is 1.04. The number of hydrogen-bond donors (Lipinski definition) is 1. The fourth-order valence-corrected chi connectivity index (χ4v) is 10.9. The standard InChI is InChI=1S/C63H42N2/c1-3-20-48(21-4-1)63(49-22-5-2-6-23-49)57-27-13-11-25-54(57)62-53(26-15-28-58(62)63)55-40-46(32-36-59(55)64-50-34-30-42-16-7-9-18-44(42)38-50)47-33-37-61-56(41-47)52-24-12-14-29-60(52)65(61)51-35-31-43-17-8-10-19-45(43)39-51/h1-41,64H. The summed E-state index contributed by atoms with van der Waals surface area (Å²) in [6.07, 6.45) is 0. The van der Waals surface area contributed by atoms with Crippen LogP contribution in [0.2, 0.25) is 0 Å². The van der Waals surface area contributed by atoms with Gasteiger partial charge in [0.15, 0.2) is 0 Å². The summed E-state index contributed by atoms with van der Waals surface area (Å²) in [4.78, 5) is 0. The highest BCUT2D eigenvalue weighted by molar-refractivity contribution is 6.11. The number of nitrogens with one attached hydrogen (secondary N) is 1. The van der Waals surface area contributed by atoms with E-state index < -0.39 is 5.41 Å². The van der Waals surface area contributed by atoms with Gasteiger partial charge in [-0.25, -0.2) is 0 Å². The van der Waals surface area contributed by atoms with Gasteiger partial charge >= 0.3 is 0 Å². The average molecular weight is 827 g/mol. The Morgan fingerprint density at radius 1 is 0.338 bits per heavy atom. The van der Waals surface area contributed by atoms with Gasteiger partial charge in [-0.05, 0) is 126 Å². The van der Waals surface area contributed by atoms with E-state index in [0.717, 1.165) is 28.2 Å². The molecule has 0 saturated heterocycles. The van der Waals surface area contributed by atoms with E-state index in [9.17, 15) is 0 Å². The second kappa shape index (κ2) is 14.8. The van der Waals surface area contributed by atoms with E-state index in [4.69, 9.17) is 0 Å². The number of anilines is 2. The first-order valence-corrected chi connectivity index (χ1v) is 22.5. The van der Waals surface area contributed by atoms with Crippen molar-refractivity contribution in [1.29, 1.82) is 0 Å². The summed E-state index contributed by atoms with van der Waals surface area (Å²) in [5, 5.41) is 11.3. The first-order valence-electron chi connectivity index (χ1n) is 22.5. The largest absolute Gasteiger partial charge is 0.355 e. The first-order chi connectivity index (χ1) is 32.2. The number of para-hydroxylation sites is 1. The van der Waals surface area contributed by atoms with Crippen LogP contribution in [0.25, 0.3) is 82.4 Å². The molecule has 0 bridgehead atoms. The molecule has 0 atom stereocenters. The topological polar surface area (TPSA) is 17.0 Å². The molecule has 2 nitrogen and oxygen atoms in total. The van der Waals surface area contributed by atoms with Crippen LogP contribution in [0.1, 0.15) is 22.3 Å². The monoisotopic (exact) mass is 826 g/mol. The summed E-state index contributed by atoms with van der Waals surface area (Å²) in [5.41, 5.74) is 17.5. The van der Waals surface area contributed by atoms with Gasteiger partial charge in [0.2, 0.25) is 0 Å². The molecule has 2 heteroatoms. The third kappa shape index (κ3) is 5.81. The predicted octanol–water partition coefficient (Wildman–Crippen LogP) is 16.5. The van der Waals surface area contributed by atoms with Crippen LogP contribution in [-0.2, 0) is 5.41 Å². The molecule has 1 heterocycles. The minimum atomic E-state index is -0.502. The molecule has 0 amide bonds. The zero-order valence-electron chi connectivity index (χ0n) is 35.6. The Hall–Kier alpha value is -8.46. The van der Waals surface area contributed by atoms with Crippen molar-refractivity contribution in [2.75, 3.05) is 5.32 Å². The Morgan fingerprint density at radius 2 is 0.923 bits per heavy atom. The lowest BCUT2D eigenvalue weighted by Crippen LogP contribution is -2.28. The van der Waals surface area contributed by atoms with Crippen LogP contribution >= 0.6 is 0 Å². The molecule has 1 aromatic heterocycles. The van der Waals surface area contributed by atoms with E-state index in [-0.39, 0.29) is 0 Å². The van der Waals surface area contributed by atoms with Crippen LogP contribution < -0.4 is 5.32 Å². The van der Waals surface area contributed by atoms with E-state index in [1.165, 1.54) is 87.9 Å². The van der Waals surface area contributed by atoms with E-state index >= 15 is 0 Å². The third-order valence-electron chi connectivity index (χ3n) is 13.8. The molecule has 0 fully saturated rings. The van der Waals surface area contributed by atoms with Gasteiger partial charge in [0.1, 0.15) is 0 Å². The molecular formula is C63H42N2. The van der Waals surface area contributed by atoms with Crippen molar-refractivity contribution < 1.29 is 0 Å². The Bertz CT molecular complexity index is 3760. The summed E-state index contributed by atoms with van der Waals surface area (Å²) < 4.78 is 2.42. The van der Waals surface area contributed by atoms with Crippen molar-refractivity contribution >= 4 is 54.7 Å². The molecule has 0 unspecified atom stereocenters. The number of benzene rings is 11. The van der Waals surface area contributed by atoms with Gasteiger partial charge in [0.05, 0.1) is 16.4 Å². The van der Waals surface area contributed by atoms with Gasteiger partial charge in [0, 0.05) is 33.4 Å². The van der Waals surface area contributed by atoms with Gasteiger partial charge in [-0.2, -0.15) is 0 Å². The van der Waals surface area contributed by atoms with Crippen molar-refractivity contribution in [1.82, 2.24) is 4.57 Å². The Kier molecular flexibility index (Phi) is 8.47. The number of fused-ring (bicyclic) bond motifs is 8. The molecule has 1 aliphatic rings. The van der Waals surface area contributed by atoms with E-state index in [2.05, 4.69) is 259 Å². The maximum atomic E-state index is 3.93. The molecule has 12 aromatic rings. The fourth-order valence-electron chi connectivity index (χ4n) is 10.9. The van der Waals surface area contributed by atoms with E-state index in [0.29, 0.717) is 0 Å². The van der Waals surface area contributed by atoms with Gasteiger partial charge < -0.3 is 9.88 Å². The number of hydrogen-bond acceptors (Lipinski definition) is 1. The van der Waals surface area contributed by atoms with Crippen molar-refractivity contribution in [2.24, 2.45) is 0 Å². The van der Waals surface area contributed by atoms with Crippen LogP contribution in [-0.4, -0.2) is 4.57 Å². The minimum absolute atomic E-state index is 0.502. The molecule has 0 saturated carbocycles. The quantitative estimate of drug-likeness (QED) is 0.169. The van der Waals surface area contributed by atoms with E-state index in [1.807, 2.05) is 0 Å². The molecule has 65 heavy (non-hydrogen) atoms. The second-order valence-corrected chi connectivity index (χ2v) is 17.3. The molecule has 0 spiro atoms. The lowest BCUT2D eigenvalue weighted by atomic mass is 9.67. The fraction of sp³-hybridized carbons (Fsp3) is 0.0159. The lowest BCUT2D eigenvalue weighted by Gasteiger charge is -2.34. The highest BCUT2D eigenvalue weighted by Gasteiger charge is 2.46. The maximum absolute atomic E-state index is 3.93. The molecule has 304 valence electrons. The van der Waals surface area contributed by atoms with Crippen LogP contribution in [0, 0.1) is 0 Å². The zero-order chi connectivity index (χ0) is 42.9. The van der Waals surface area contributed by atoms with Crippen LogP contribution in [0.3, 0.4) is 0 Å². The SMILES string of the molecule is c1ccc(C2(c3ccccc3)c3ccccc3-c3c(-c4cc(-c5ccc6c(c5)c5ccccc5n6-c5ccc6ccccc6c5)ccc4Nc4ccc5ccccc5c4)cccc32)cc1. The highest BCUT2D eigenvalue weighted by atomic mass is 15.0. The minimum Gasteiger partial charge on any atom is -0.355 e. The van der Waals surface area contributed by atoms with Crippen molar-refractivity contribution in [3.05, 3.63) is 271 Å². The van der Waals surface area contributed by atoms with Gasteiger partial charge in [-0.15, -0.1) is 0 Å². The van der Waals surface area contributed by atoms with Crippen LogP contribution in [0.4, 0.5) is 11.4 Å². The molecule has 1 aliphatic carbocycles. The van der Waals surface area contributed by atoms with Crippen molar-refractivity contribution in [3.63, 3.8) is 0 Å². The summed E-state index contributed by atoms with van der Waals surface area (Å²) >= 11 is 0. The predicted molar refractivity (Wildman–Crippen MR) is 274 cm³/mol. The highest BCUT2D eigenvalue weighted by Crippen LogP contribution is 2.59. The van der Waals surface area contributed by atoms with Crippen LogP contribution in [0.15, 0.2) is 249 Å². The molecule has 0 radical (unpaired) electrons. The first kappa shape index (κ1) is 37.1. The zero-order valence-corrected chi connectivity index (χ0v) is 35.6. The third-order valence-corrected chi connectivity index (χ3v) is 13.8. The summed E-state index contributed by atoms with van der Waals surface area (Å²) in [7, 11) is 0. The maximum Gasteiger partial charge on any atom is 0.0713 e. The molecule has 0 aliphatic heterocycles. The number of rotatable bonds is 7. The van der Waals surface area contributed by atoms with Gasteiger partial charge in [0.25, 0.3) is 0 Å². The normalized spacial score (nSPS) is 12.7. The molecule has 11 aromatic carbocycles. The van der Waals surface area contributed by atoms with Crippen molar-refractivity contribution in [2.45, 2.75) is 5.41 Å². The van der Waals surface area contributed by atoms with Gasteiger partial charge in [-0.3, -0.25) is 0 Å². The smallest absolute Gasteiger partial charge is 0.0713 e. The second-order valence-electron chi connectivity index (χ2n) is 17.3. The molecular weight excluding hydrogens is 785 g/mol. The Morgan fingerprint density at radius 3 is 1.71 bits per heavy atom. The summed E-state index contributed by atoms with van der Waals surface area (Å²) in [6, 6.07) is 91.6. The van der Waals surface area contributed by atoms with Crippen molar-refractivity contribution in [3.8, 4) is 39.1 Å². The molecule has 13 rings (SSSR count). The summed E-state index contributed by atoms with van der Waals surface area (Å²) in [6.45, 7) is 0. The number of aromatic nitrogens is 1. The average Bonchev–Trinajstić information content (AvgIpc) is 3.87. The Labute approximate surface area is 378 Å².